The van der Waals surface area contributed by atoms with E-state index >= 15 is 0 Å². The molecule has 2 aromatic rings. The van der Waals surface area contributed by atoms with E-state index in [4.69, 9.17) is 16.3 Å². The summed E-state index contributed by atoms with van der Waals surface area (Å²) in [7, 11) is 4.08. The molecule has 0 aliphatic rings. The molecule has 0 radical (unpaired) electrons. The van der Waals surface area contributed by atoms with E-state index in [1.165, 1.54) is 16.7 Å². The van der Waals surface area contributed by atoms with Crippen LogP contribution in [0.3, 0.4) is 0 Å². The predicted molar refractivity (Wildman–Crippen MR) is 100 cm³/mol. The topological polar surface area (TPSA) is 12.5 Å². The van der Waals surface area contributed by atoms with Crippen molar-refractivity contribution in [2.75, 3.05) is 27.2 Å². The minimum absolute atomic E-state index is 0.702. The standard InChI is InChI=1S/C20H24ClNO/c1-4-17(18-7-9-19(21)10-8-18)15-16-5-11-20(12-6-16)23-14-13-22(2)3/h5-12,15H,4,13-14H2,1-3H3. The fraction of sp³-hybridized carbons (Fsp3) is 0.300. The fourth-order valence-electron chi connectivity index (χ4n) is 2.26. The van der Waals surface area contributed by atoms with E-state index in [1.807, 2.05) is 38.4 Å². The van der Waals surface area contributed by atoms with Crippen LogP contribution in [0.4, 0.5) is 0 Å². The zero-order valence-electron chi connectivity index (χ0n) is 14.1. The highest BCUT2D eigenvalue weighted by atomic mass is 35.5. The Morgan fingerprint density at radius 3 is 2.26 bits per heavy atom. The molecule has 3 heteroatoms. The Bertz CT molecular complexity index is 630. The summed E-state index contributed by atoms with van der Waals surface area (Å²) >= 11 is 5.96. The molecule has 0 spiro atoms. The second-order valence-corrected chi connectivity index (χ2v) is 6.19. The van der Waals surface area contributed by atoms with Crippen LogP contribution in [0.1, 0.15) is 24.5 Å². The van der Waals surface area contributed by atoms with Crippen molar-refractivity contribution in [3.8, 4) is 5.75 Å². The molecule has 0 aliphatic heterocycles. The van der Waals surface area contributed by atoms with Crippen LogP contribution >= 0.6 is 11.6 Å². The van der Waals surface area contributed by atoms with Crippen molar-refractivity contribution in [3.63, 3.8) is 0 Å². The third-order valence-corrected chi connectivity index (χ3v) is 3.88. The number of ether oxygens (including phenoxy) is 1. The van der Waals surface area contributed by atoms with Gasteiger partial charge in [0.1, 0.15) is 12.4 Å². The van der Waals surface area contributed by atoms with E-state index in [0.717, 1.165) is 23.7 Å². The lowest BCUT2D eigenvalue weighted by atomic mass is 10.0. The molecule has 0 saturated carbocycles. The van der Waals surface area contributed by atoms with Gasteiger partial charge in [-0.05, 0) is 61.5 Å². The Morgan fingerprint density at radius 2 is 1.70 bits per heavy atom. The van der Waals surface area contributed by atoms with Gasteiger partial charge in [-0.25, -0.2) is 0 Å². The SMILES string of the molecule is CCC(=Cc1ccc(OCCN(C)C)cc1)c1ccc(Cl)cc1. The lowest BCUT2D eigenvalue weighted by molar-refractivity contribution is 0.261. The van der Waals surface area contributed by atoms with Gasteiger partial charge in [-0.1, -0.05) is 48.9 Å². The van der Waals surface area contributed by atoms with Crippen LogP contribution < -0.4 is 4.74 Å². The smallest absolute Gasteiger partial charge is 0.119 e. The normalized spacial score (nSPS) is 11.8. The zero-order chi connectivity index (χ0) is 16.7. The Hall–Kier alpha value is -1.77. The van der Waals surface area contributed by atoms with Crippen LogP contribution in [0, 0.1) is 0 Å². The first-order valence-corrected chi connectivity index (χ1v) is 8.30. The molecule has 0 aromatic heterocycles. The average Bonchev–Trinajstić information content (AvgIpc) is 2.54. The van der Waals surface area contributed by atoms with Gasteiger partial charge >= 0.3 is 0 Å². The van der Waals surface area contributed by atoms with Gasteiger partial charge < -0.3 is 9.64 Å². The van der Waals surface area contributed by atoms with Crippen molar-refractivity contribution >= 4 is 23.3 Å². The zero-order valence-corrected chi connectivity index (χ0v) is 14.8. The second-order valence-electron chi connectivity index (χ2n) is 5.75. The molecule has 2 rings (SSSR count). The van der Waals surface area contributed by atoms with Crippen molar-refractivity contribution in [1.29, 1.82) is 0 Å². The first-order valence-electron chi connectivity index (χ1n) is 7.92. The molecular formula is C20H24ClNO. The molecule has 0 aliphatic carbocycles. The molecule has 2 aromatic carbocycles. The van der Waals surface area contributed by atoms with Crippen LogP contribution in [-0.4, -0.2) is 32.1 Å². The van der Waals surface area contributed by atoms with Gasteiger partial charge in [0.15, 0.2) is 0 Å². The summed E-state index contributed by atoms with van der Waals surface area (Å²) in [6.45, 7) is 3.78. The number of halogens is 1. The Balaban J connectivity index is 2.06. The lowest BCUT2D eigenvalue weighted by Gasteiger charge is -2.11. The highest BCUT2D eigenvalue weighted by molar-refractivity contribution is 6.30. The molecule has 0 unspecified atom stereocenters. The van der Waals surface area contributed by atoms with E-state index < -0.39 is 0 Å². The second kappa shape index (κ2) is 8.76. The molecule has 23 heavy (non-hydrogen) atoms. The van der Waals surface area contributed by atoms with Crippen molar-refractivity contribution in [2.24, 2.45) is 0 Å². The molecule has 0 amide bonds. The van der Waals surface area contributed by atoms with Crippen LogP contribution in [0.25, 0.3) is 11.6 Å². The van der Waals surface area contributed by atoms with Gasteiger partial charge in [-0.15, -0.1) is 0 Å². The van der Waals surface area contributed by atoms with Gasteiger partial charge in [-0.2, -0.15) is 0 Å². The largest absolute Gasteiger partial charge is 0.492 e. The van der Waals surface area contributed by atoms with E-state index in [1.54, 1.807) is 0 Å². The lowest BCUT2D eigenvalue weighted by Crippen LogP contribution is -2.19. The number of likely N-dealkylation sites (N-methyl/N-ethyl adjacent to an activating group) is 1. The van der Waals surface area contributed by atoms with Crippen molar-refractivity contribution < 1.29 is 4.74 Å². The number of hydrogen-bond acceptors (Lipinski definition) is 2. The highest BCUT2D eigenvalue weighted by Crippen LogP contribution is 2.24. The molecule has 122 valence electrons. The Kier molecular flexibility index (Phi) is 6.69. The third-order valence-electron chi connectivity index (χ3n) is 3.62. The Morgan fingerprint density at radius 1 is 1.04 bits per heavy atom. The number of allylic oxidation sites excluding steroid dienone is 1. The fourth-order valence-corrected chi connectivity index (χ4v) is 2.39. The average molecular weight is 330 g/mol. The molecule has 0 saturated heterocycles. The molecule has 0 atom stereocenters. The summed E-state index contributed by atoms with van der Waals surface area (Å²) in [4.78, 5) is 2.11. The van der Waals surface area contributed by atoms with Crippen LogP contribution in [-0.2, 0) is 0 Å². The number of nitrogens with zero attached hydrogens (tertiary/aromatic N) is 1. The number of rotatable bonds is 7. The minimum Gasteiger partial charge on any atom is -0.492 e. The molecule has 0 heterocycles. The quantitative estimate of drug-likeness (QED) is 0.645. The van der Waals surface area contributed by atoms with Gasteiger partial charge in [-0.3, -0.25) is 0 Å². The summed E-state index contributed by atoms with van der Waals surface area (Å²) in [5.74, 6) is 0.911. The van der Waals surface area contributed by atoms with E-state index in [9.17, 15) is 0 Å². The number of hydrogen-bond donors (Lipinski definition) is 0. The summed E-state index contributed by atoms with van der Waals surface area (Å²) in [5.41, 5.74) is 3.68. The van der Waals surface area contributed by atoms with Crippen LogP contribution in [0.2, 0.25) is 5.02 Å². The highest BCUT2D eigenvalue weighted by Gasteiger charge is 2.01. The summed E-state index contributed by atoms with van der Waals surface area (Å²) < 4.78 is 5.72. The molecule has 0 N–H and O–H groups in total. The summed E-state index contributed by atoms with van der Waals surface area (Å²) in [6, 6.07) is 16.2. The molecule has 0 fully saturated rings. The molecule has 0 bridgehead atoms. The van der Waals surface area contributed by atoms with Crippen LogP contribution in [0.5, 0.6) is 5.75 Å². The van der Waals surface area contributed by atoms with Gasteiger partial charge in [0.25, 0.3) is 0 Å². The van der Waals surface area contributed by atoms with Gasteiger partial charge in [0.05, 0.1) is 0 Å². The molecule has 2 nitrogen and oxygen atoms in total. The maximum Gasteiger partial charge on any atom is 0.119 e. The summed E-state index contributed by atoms with van der Waals surface area (Å²) in [5, 5.41) is 0.767. The maximum atomic E-state index is 5.96. The first-order chi connectivity index (χ1) is 11.1. The van der Waals surface area contributed by atoms with Crippen molar-refractivity contribution in [3.05, 3.63) is 64.7 Å². The van der Waals surface area contributed by atoms with Gasteiger partial charge in [0, 0.05) is 11.6 Å². The third kappa shape index (κ3) is 5.74. The Labute approximate surface area is 144 Å². The van der Waals surface area contributed by atoms with Crippen molar-refractivity contribution in [2.45, 2.75) is 13.3 Å². The monoisotopic (exact) mass is 329 g/mol. The molecular weight excluding hydrogens is 306 g/mol. The maximum absolute atomic E-state index is 5.96. The summed E-state index contributed by atoms with van der Waals surface area (Å²) in [6.07, 6.45) is 3.19. The van der Waals surface area contributed by atoms with E-state index in [2.05, 4.69) is 42.2 Å². The van der Waals surface area contributed by atoms with Gasteiger partial charge in [0.2, 0.25) is 0 Å². The van der Waals surface area contributed by atoms with Crippen molar-refractivity contribution in [1.82, 2.24) is 4.90 Å². The minimum atomic E-state index is 0.702. The van der Waals surface area contributed by atoms with E-state index in [0.29, 0.717) is 6.61 Å². The van der Waals surface area contributed by atoms with Crippen LogP contribution in [0.15, 0.2) is 48.5 Å². The first kappa shape index (κ1) is 17.6. The number of benzene rings is 2. The predicted octanol–water partition coefficient (Wildman–Crippen LogP) is 5.23. The van der Waals surface area contributed by atoms with E-state index in [-0.39, 0.29) is 0 Å².